The van der Waals surface area contributed by atoms with E-state index in [1.807, 2.05) is 0 Å². The van der Waals surface area contributed by atoms with Crippen LogP contribution in [0.1, 0.15) is 37.4 Å². The second-order valence-corrected chi connectivity index (χ2v) is 7.72. The predicted molar refractivity (Wildman–Crippen MR) is 103 cm³/mol. The summed E-state index contributed by atoms with van der Waals surface area (Å²) in [5, 5.41) is -0.839. The molecule has 0 radical (unpaired) electrons. The Morgan fingerprint density at radius 1 is 1.17 bits per heavy atom. The van der Waals surface area contributed by atoms with Crippen molar-refractivity contribution in [2.75, 3.05) is 0 Å². The quantitative estimate of drug-likeness (QED) is 0.429. The van der Waals surface area contributed by atoms with Crippen molar-refractivity contribution in [3.8, 4) is 11.5 Å². The Hall–Kier alpha value is -2.48. The SMILES string of the molecule is CC(C)Oc1cccc(F)c1C1CC(Cl)C(=O)N1Cc1ccc(OC(F)(F)F)cc1. The van der Waals surface area contributed by atoms with Crippen LogP contribution in [0.4, 0.5) is 17.6 Å². The molecule has 1 fully saturated rings. The highest BCUT2D eigenvalue weighted by molar-refractivity contribution is 6.31. The first-order valence-electron chi connectivity index (χ1n) is 9.29. The highest BCUT2D eigenvalue weighted by atomic mass is 35.5. The second-order valence-electron chi connectivity index (χ2n) is 7.20. The molecule has 30 heavy (non-hydrogen) atoms. The summed E-state index contributed by atoms with van der Waals surface area (Å²) in [6.07, 6.45) is -4.81. The summed E-state index contributed by atoms with van der Waals surface area (Å²) in [5.74, 6) is -0.938. The minimum atomic E-state index is -4.79. The molecule has 4 nitrogen and oxygen atoms in total. The zero-order valence-electron chi connectivity index (χ0n) is 16.2. The molecule has 0 aromatic heterocycles. The monoisotopic (exact) mass is 445 g/mol. The smallest absolute Gasteiger partial charge is 0.491 e. The van der Waals surface area contributed by atoms with Crippen molar-refractivity contribution in [3.05, 3.63) is 59.4 Å². The molecule has 0 N–H and O–H groups in total. The number of likely N-dealkylation sites (tertiary alicyclic amines) is 1. The van der Waals surface area contributed by atoms with E-state index in [0.29, 0.717) is 11.3 Å². The number of benzene rings is 2. The van der Waals surface area contributed by atoms with E-state index in [4.69, 9.17) is 16.3 Å². The van der Waals surface area contributed by atoms with Crippen molar-refractivity contribution in [2.24, 2.45) is 0 Å². The van der Waals surface area contributed by atoms with E-state index in [9.17, 15) is 22.4 Å². The number of carbonyl (C=O) groups excluding carboxylic acids is 1. The van der Waals surface area contributed by atoms with Crippen molar-refractivity contribution in [3.63, 3.8) is 0 Å². The van der Waals surface area contributed by atoms with Gasteiger partial charge >= 0.3 is 6.36 Å². The molecule has 2 aromatic rings. The van der Waals surface area contributed by atoms with E-state index in [0.717, 1.165) is 12.1 Å². The number of carbonyl (C=O) groups is 1. The fourth-order valence-corrected chi connectivity index (χ4v) is 3.70. The predicted octanol–water partition coefficient (Wildman–Crippen LogP) is 5.59. The van der Waals surface area contributed by atoms with Crippen LogP contribution in [0.25, 0.3) is 0 Å². The Bertz CT molecular complexity index is 902. The topological polar surface area (TPSA) is 38.8 Å². The Balaban J connectivity index is 1.88. The van der Waals surface area contributed by atoms with Crippen molar-refractivity contribution >= 4 is 17.5 Å². The van der Waals surface area contributed by atoms with Gasteiger partial charge in [-0.2, -0.15) is 0 Å². The molecule has 1 amide bonds. The van der Waals surface area contributed by atoms with Crippen LogP contribution in [0.5, 0.6) is 11.5 Å². The molecular weight excluding hydrogens is 426 g/mol. The lowest BCUT2D eigenvalue weighted by atomic mass is 10.0. The van der Waals surface area contributed by atoms with Gasteiger partial charge < -0.3 is 14.4 Å². The number of hydrogen-bond acceptors (Lipinski definition) is 3. The second kappa shape index (κ2) is 8.71. The number of alkyl halides is 4. The fourth-order valence-electron chi connectivity index (χ4n) is 3.41. The molecule has 3 rings (SSSR count). The van der Waals surface area contributed by atoms with E-state index in [-0.39, 0.29) is 36.3 Å². The zero-order chi connectivity index (χ0) is 22.1. The Kier molecular flexibility index (Phi) is 6.45. The number of nitrogens with zero attached hydrogens (tertiary/aromatic N) is 1. The largest absolute Gasteiger partial charge is 0.573 e. The molecule has 2 unspecified atom stereocenters. The third-order valence-electron chi connectivity index (χ3n) is 4.58. The number of ether oxygens (including phenoxy) is 2. The van der Waals surface area contributed by atoms with Gasteiger partial charge in [0.1, 0.15) is 22.7 Å². The summed E-state index contributed by atoms with van der Waals surface area (Å²) < 4.78 is 61.3. The van der Waals surface area contributed by atoms with Crippen LogP contribution >= 0.6 is 11.6 Å². The molecule has 162 valence electrons. The lowest BCUT2D eigenvalue weighted by molar-refractivity contribution is -0.274. The van der Waals surface area contributed by atoms with E-state index in [2.05, 4.69) is 4.74 Å². The van der Waals surface area contributed by atoms with Gasteiger partial charge in [-0.1, -0.05) is 18.2 Å². The van der Waals surface area contributed by atoms with Crippen LogP contribution in [-0.2, 0) is 11.3 Å². The van der Waals surface area contributed by atoms with Crippen LogP contribution in [0.3, 0.4) is 0 Å². The molecular formula is C21H20ClF4NO3. The maximum Gasteiger partial charge on any atom is 0.573 e. The maximum absolute atomic E-state index is 14.7. The molecule has 0 saturated carbocycles. The molecule has 1 aliphatic heterocycles. The fraction of sp³-hybridized carbons (Fsp3) is 0.381. The van der Waals surface area contributed by atoms with Gasteiger partial charge in [-0.05, 0) is 50.1 Å². The molecule has 0 bridgehead atoms. The summed E-state index contributed by atoms with van der Waals surface area (Å²) in [7, 11) is 0. The van der Waals surface area contributed by atoms with Crippen molar-refractivity contribution in [1.29, 1.82) is 0 Å². The van der Waals surface area contributed by atoms with Crippen molar-refractivity contribution in [2.45, 2.75) is 50.7 Å². The van der Waals surface area contributed by atoms with E-state index in [1.165, 1.54) is 29.2 Å². The molecule has 9 heteroatoms. The lowest BCUT2D eigenvalue weighted by Crippen LogP contribution is -2.30. The van der Waals surface area contributed by atoms with Crippen LogP contribution in [-0.4, -0.2) is 28.7 Å². The van der Waals surface area contributed by atoms with E-state index < -0.39 is 23.6 Å². The lowest BCUT2D eigenvalue weighted by Gasteiger charge is -2.27. The number of rotatable bonds is 6. The number of halogens is 5. The van der Waals surface area contributed by atoms with E-state index >= 15 is 0 Å². The van der Waals surface area contributed by atoms with Gasteiger partial charge in [-0.25, -0.2) is 4.39 Å². The van der Waals surface area contributed by atoms with Gasteiger partial charge in [0.05, 0.1) is 17.7 Å². The van der Waals surface area contributed by atoms with Gasteiger partial charge in [-0.15, -0.1) is 24.8 Å². The highest BCUT2D eigenvalue weighted by Crippen LogP contribution is 2.42. The molecule has 1 saturated heterocycles. The van der Waals surface area contributed by atoms with Gasteiger partial charge in [0.25, 0.3) is 0 Å². The first-order chi connectivity index (χ1) is 14.0. The summed E-state index contributed by atoms with van der Waals surface area (Å²) in [6.45, 7) is 3.66. The number of amides is 1. The summed E-state index contributed by atoms with van der Waals surface area (Å²) >= 11 is 6.18. The molecule has 1 heterocycles. The van der Waals surface area contributed by atoms with E-state index in [1.54, 1.807) is 19.9 Å². The van der Waals surface area contributed by atoms with Crippen LogP contribution in [0.15, 0.2) is 42.5 Å². The van der Waals surface area contributed by atoms with Crippen molar-refractivity contribution < 1.29 is 31.8 Å². The summed E-state index contributed by atoms with van der Waals surface area (Å²) in [4.78, 5) is 14.1. The first kappa shape index (κ1) is 22.2. The van der Waals surface area contributed by atoms with Gasteiger partial charge in [-0.3, -0.25) is 4.79 Å². The Morgan fingerprint density at radius 2 is 1.83 bits per heavy atom. The summed E-state index contributed by atoms with van der Waals surface area (Å²) in [5.41, 5.74) is 0.788. The average molecular weight is 446 g/mol. The van der Waals surface area contributed by atoms with Crippen LogP contribution < -0.4 is 9.47 Å². The molecule has 1 aliphatic rings. The average Bonchev–Trinajstić information content (AvgIpc) is 2.90. The van der Waals surface area contributed by atoms with Crippen LogP contribution in [0, 0.1) is 5.82 Å². The first-order valence-corrected chi connectivity index (χ1v) is 9.73. The van der Waals surface area contributed by atoms with Gasteiger partial charge in [0.15, 0.2) is 0 Å². The molecule has 0 spiro atoms. The zero-order valence-corrected chi connectivity index (χ0v) is 17.0. The summed E-state index contributed by atoms with van der Waals surface area (Å²) in [6, 6.07) is 8.93. The van der Waals surface area contributed by atoms with Gasteiger partial charge in [0.2, 0.25) is 5.91 Å². The minimum absolute atomic E-state index is 0.0501. The highest BCUT2D eigenvalue weighted by Gasteiger charge is 2.41. The standard InChI is InChI=1S/C21H20ClF4NO3/c1-12(2)29-18-5-3-4-16(23)19(18)17-10-15(22)20(28)27(17)11-13-6-8-14(9-7-13)30-21(24,25)26/h3-9,12,15,17H,10-11H2,1-2H3. The molecule has 2 atom stereocenters. The molecule has 2 aromatic carbocycles. The normalized spacial score (nSPS) is 19.5. The number of hydrogen-bond donors (Lipinski definition) is 0. The maximum atomic E-state index is 14.7. The van der Waals surface area contributed by atoms with Crippen LogP contribution in [0.2, 0.25) is 0 Å². The van der Waals surface area contributed by atoms with Crippen molar-refractivity contribution in [1.82, 2.24) is 4.90 Å². The Labute approximate surface area is 176 Å². The van der Waals surface area contributed by atoms with Gasteiger partial charge in [0, 0.05) is 6.54 Å². The minimum Gasteiger partial charge on any atom is -0.491 e. The Morgan fingerprint density at radius 3 is 2.43 bits per heavy atom. The third kappa shape index (κ3) is 5.16. The third-order valence-corrected chi connectivity index (χ3v) is 4.94. The molecule has 0 aliphatic carbocycles.